The summed E-state index contributed by atoms with van der Waals surface area (Å²) in [7, 11) is 0. The van der Waals surface area contributed by atoms with E-state index in [1.165, 1.54) is 6.92 Å². The molecular weight excluding hydrogens is 312 g/mol. The van der Waals surface area contributed by atoms with E-state index in [0.717, 1.165) is 23.2 Å². The first-order valence-electron chi connectivity index (χ1n) is 9.31. The molecule has 0 atom stereocenters. The van der Waals surface area contributed by atoms with E-state index in [-0.39, 0.29) is 18.4 Å². The van der Waals surface area contributed by atoms with Crippen LogP contribution in [-0.4, -0.2) is 29.8 Å². The molecule has 1 aromatic carbocycles. The van der Waals surface area contributed by atoms with Crippen LogP contribution < -0.4 is 5.32 Å². The molecule has 0 aliphatic heterocycles. The number of hydrogen-bond donors (Lipinski definition) is 1. The van der Waals surface area contributed by atoms with Gasteiger partial charge in [-0.3, -0.25) is 9.59 Å². The predicted octanol–water partition coefficient (Wildman–Crippen LogP) is 4.77. The first-order valence-corrected chi connectivity index (χ1v) is 9.31. The van der Waals surface area contributed by atoms with Gasteiger partial charge in [-0.2, -0.15) is 0 Å². The summed E-state index contributed by atoms with van der Waals surface area (Å²) in [6.07, 6.45) is 0.896. The summed E-state index contributed by atoms with van der Waals surface area (Å²) in [4.78, 5) is 26.1. The van der Waals surface area contributed by atoms with Crippen LogP contribution in [0, 0.1) is 5.92 Å². The van der Waals surface area contributed by atoms with Crippen LogP contribution in [0.15, 0.2) is 18.2 Å². The Hall–Kier alpha value is -1.84. The van der Waals surface area contributed by atoms with Gasteiger partial charge in [0.1, 0.15) is 0 Å². The van der Waals surface area contributed by atoms with Crippen molar-refractivity contribution in [3.8, 4) is 0 Å². The molecular formula is C21H34N2O2. The monoisotopic (exact) mass is 346 g/mol. The topological polar surface area (TPSA) is 49.4 Å². The van der Waals surface area contributed by atoms with E-state index < -0.39 is 0 Å². The van der Waals surface area contributed by atoms with Crippen molar-refractivity contribution < 1.29 is 9.59 Å². The Morgan fingerprint density at radius 1 is 1.00 bits per heavy atom. The largest absolute Gasteiger partial charge is 0.334 e. The second kappa shape index (κ2) is 9.59. The number of carbonyl (C=O) groups is 2. The zero-order valence-electron chi connectivity index (χ0n) is 16.8. The molecule has 0 heterocycles. The molecule has 1 rings (SSSR count). The molecule has 4 heteroatoms. The van der Waals surface area contributed by atoms with Gasteiger partial charge < -0.3 is 10.2 Å². The Morgan fingerprint density at radius 3 is 1.92 bits per heavy atom. The van der Waals surface area contributed by atoms with Crippen LogP contribution in [0.25, 0.3) is 0 Å². The zero-order valence-corrected chi connectivity index (χ0v) is 16.8. The molecule has 4 nitrogen and oxygen atoms in total. The highest BCUT2D eigenvalue weighted by Gasteiger charge is 2.18. The van der Waals surface area contributed by atoms with Gasteiger partial charge in [0.2, 0.25) is 11.8 Å². The molecule has 0 saturated carbocycles. The van der Waals surface area contributed by atoms with Crippen molar-refractivity contribution >= 4 is 17.5 Å². The lowest BCUT2D eigenvalue weighted by Crippen LogP contribution is -2.38. The average molecular weight is 347 g/mol. The van der Waals surface area contributed by atoms with Crippen molar-refractivity contribution in [2.24, 2.45) is 5.92 Å². The fraction of sp³-hybridized carbons (Fsp3) is 0.619. The van der Waals surface area contributed by atoms with Crippen molar-refractivity contribution in [3.05, 3.63) is 29.3 Å². The van der Waals surface area contributed by atoms with E-state index in [4.69, 9.17) is 0 Å². The average Bonchev–Trinajstić information content (AvgIpc) is 2.50. The van der Waals surface area contributed by atoms with Crippen molar-refractivity contribution in [2.45, 2.75) is 66.7 Å². The number of benzene rings is 1. The van der Waals surface area contributed by atoms with E-state index in [1.807, 2.05) is 6.07 Å². The minimum absolute atomic E-state index is 0.0583. The highest BCUT2D eigenvalue weighted by atomic mass is 16.2. The van der Waals surface area contributed by atoms with Crippen LogP contribution in [0.2, 0.25) is 0 Å². The maximum absolute atomic E-state index is 12.6. The lowest BCUT2D eigenvalue weighted by molar-refractivity contribution is -0.132. The highest BCUT2D eigenvalue weighted by molar-refractivity contribution is 5.95. The number of carbonyl (C=O) groups excluding carboxylic acids is 2. The summed E-state index contributed by atoms with van der Waals surface area (Å²) in [6.45, 7) is 15.0. The van der Waals surface area contributed by atoms with Gasteiger partial charge in [-0.15, -0.1) is 0 Å². The minimum atomic E-state index is -0.131. The van der Waals surface area contributed by atoms with E-state index in [9.17, 15) is 9.59 Å². The van der Waals surface area contributed by atoms with Crippen LogP contribution in [0.4, 0.5) is 5.69 Å². The van der Waals surface area contributed by atoms with Crippen LogP contribution in [-0.2, 0) is 9.59 Å². The molecule has 0 spiro atoms. The van der Waals surface area contributed by atoms with E-state index in [2.05, 4.69) is 59.0 Å². The summed E-state index contributed by atoms with van der Waals surface area (Å²) in [5, 5.41) is 3.08. The third-order valence-electron chi connectivity index (χ3n) is 4.39. The van der Waals surface area contributed by atoms with Gasteiger partial charge in [0, 0.05) is 19.2 Å². The number of rotatable bonds is 8. The quantitative estimate of drug-likeness (QED) is 0.737. The van der Waals surface area contributed by atoms with Gasteiger partial charge in [0.05, 0.1) is 6.54 Å². The first kappa shape index (κ1) is 21.2. The van der Waals surface area contributed by atoms with Gasteiger partial charge in [-0.1, -0.05) is 59.7 Å². The number of para-hydroxylation sites is 1. The third kappa shape index (κ3) is 6.52. The molecule has 1 aromatic rings. The second-order valence-corrected chi connectivity index (χ2v) is 7.79. The molecule has 25 heavy (non-hydrogen) atoms. The molecule has 0 fully saturated rings. The van der Waals surface area contributed by atoms with Gasteiger partial charge in [0.25, 0.3) is 0 Å². The number of nitrogens with one attached hydrogen (secondary N) is 1. The maximum Gasteiger partial charge on any atom is 0.244 e. The van der Waals surface area contributed by atoms with Gasteiger partial charge >= 0.3 is 0 Å². The smallest absolute Gasteiger partial charge is 0.244 e. The van der Waals surface area contributed by atoms with Crippen molar-refractivity contribution in [1.29, 1.82) is 0 Å². The van der Waals surface area contributed by atoms with Crippen LogP contribution in [0.5, 0.6) is 0 Å². The summed E-state index contributed by atoms with van der Waals surface area (Å²) >= 11 is 0. The lowest BCUT2D eigenvalue weighted by Gasteiger charge is -2.24. The van der Waals surface area contributed by atoms with E-state index >= 15 is 0 Å². The van der Waals surface area contributed by atoms with Crippen molar-refractivity contribution in [2.75, 3.05) is 18.4 Å². The van der Waals surface area contributed by atoms with Crippen LogP contribution in [0.3, 0.4) is 0 Å². The van der Waals surface area contributed by atoms with Gasteiger partial charge in [0.15, 0.2) is 0 Å². The second-order valence-electron chi connectivity index (χ2n) is 7.79. The summed E-state index contributed by atoms with van der Waals surface area (Å²) in [5.41, 5.74) is 3.18. The minimum Gasteiger partial charge on any atom is -0.334 e. The Labute approximate surface area is 153 Å². The van der Waals surface area contributed by atoms with Gasteiger partial charge in [-0.25, -0.2) is 0 Å². The number of nitrogens with zero attached hydrogens (tertiary/aromatic N) is 1. The Bertz CT molecular complexity index is 565. The van der Waals surface area contributed by atoms with Gasteiger partial charge in [-0.05, 0) is 35.3 Å². The van der Waals surface area contributed by atoms with Crippen molar-refractivity contribution in [1.82, 2.24) is 4.90 Å². The summed E-state index contributed by atoms with van der Waals surface area (Å²) < 4.78 is 0. The molecule has 0 unspecified atom stereocenters. The highest BCUT2D eigenvalue weighted by Crippen LogP contribution is 2.32. The fourth-order valence-electron chi connectivity index (χ4n) is 2.81. The van der Waals surface area contributed by atoms with Crippen molar-refractivity contribution in [3.63, 3.8) is 0 Å². The molecule has 140 valence electrons. The van der Waals surface area contributed by atoms with E-state index in [0.29, 0.717) is 24.3 Å². The molecule has 0 bridgehead atoms. The fourth-order valence-corrected chi connectivity index (χ4v) is 2.81. The summed E-state index contributed by atoms with van der Waals surface area (Å²) in [5.74, 6) is 0.947. The van der Waals surface area contributed by atoms with Crippen LogP contribution in [0.1, 0.15) is 77.8 Å². The molecule has 0 aliphatic rings. The van der Waals surface area contributed by atoms with E-state index in [1.54, 1.807) is 4.90 Å². The lowest BCUT2D eigenvalue weighted by atomic mass is 9.92. The maximum atomic E-state index is 12.6. The first-order chi connectivity index (χ1) is 11.6. The standard InChI is InChI=1S/C21H34N2O2/c1-14(2)11-12-23(17(7)24)13-20(25)22-21-18(15(3)4)9-8-10-19(21)16(5)6/h8-10,14-16H,11-13H2,1-7H3,(H,22,25). The molecule has 1 N–H and O–H groups in total. The molecule has 0 aliphatic carbocycles. The molecule has 2 amide bonds. The van der Waals surface area contributed by atoms with Crippen LogP contribution >= 0.6 is 0 Å². The Balaban J connectivity index is 2.96. The Morgan fingerprint density at radius 2 is 1.52 bits per heavy atom. The third-order valence-corrected chi connectivity index (χ3v) is 4.39. The molecule has 0 saturated heterocycles. The number of anilines is 1. The molecule has 0 aromatic heterocycles. The number of amides is 2. The molecule has 0 radical (unpaired) electrons. The number of hydrogen-bond acceptors (Lipinski definition) is 2. The zero-order chi connectivity index (χ0) is 19.1. The summed E-state index contributed by atoms with van der Waals surface area (Å²) in [6, 6.07) is 6.17. The Kier molecular flexibility index (Phi) is 8.14. The normalized spacial score (nSPS) is 11.3. The predicted molar refractivity (Wildman–Crippen MR) is 105 cm³/mol. The SMILES string of the molecule is CC(=O)N(CCC(C)C)CC(=O)Nc1c(C(C)C)cccc1C(C)C.